The highest BCUT2D eigenvalue weighted by Crippen LogP contribution is 2.31. The Morgan fingerprint density at radius 1 is 1.24 bits per heavy atom. The Morgan fingerprint density at radius 2 is 1.94 bits per heavy atom. The Labute approximate surface area is 104 Å². The number of nitrogens with zero attached hydrogens (tertiary/aromatic N) is 1. The molecule has 4 heteroatoms. The summed E-state index contributed by atoms with van der Waals surface area (Å²) >= 11 is 1.29. The highest BCUT2D eigenvalue weighted by atomic mass is 32.1. The molecule has 0 saturated carbocycles. The van der Waals surface area contributed by atoms with Gasteiger partial charge in [0.2, 0.25) is 0 Å². The number of hydrogen-bond donors (Lipinski definition) is 1. The van der Waals surface area contributed by atoms with Gasteiger partial charge in [-0.05, 0) is 31.2 Å². The van der Waals surface area contributed by atoms with Gasteiger partial charge in [0.05, 0.1) is 5.00 Å². The van der Waals surface area contributed by atoms with Gasteiger partial charge in [-0.3, -0.25) is 0 Å². The van der Waals surface area contributed by atoms with Crippen LogP contribution in [0.2, 0.25) is 0 Å². The van der Waals surface area contributed by atoms with E-state index in [0.29, 0.717) is 4.88 Å². The average Bonchev–Trinajstić information content (AvgIpc) is 2.81. The summed E-state index contributed by atoms with van der Waals surface area (Å²) in [5, 5.41) is 9.87. The van der Waals surface area contributed by atoms with Gasteiger partial charge in [0, 0.05) is 12.2 Å². The predicted molar refractivity (Wildman–Crippen MR) is 70.4 cm³/mol. The number of hydrogen-bond acceptors (Lipinski definition) is 3. The summed E-state index contributed by atoms with van der Waals surface area (Å²) in [7, 11) is 0. The van der Waals surface area contributed by atoms with E-state index < -0.39 is 5.97 Å². The van der Waals surface area contributed by atoms with Gasteiger partial charge in [-0.2, -0.15) is 0 Å². The van der Waals surface area contributed by atoms with Crippen LogP contribution in [0.3, 0.4) is 0 Å². The van der Waals surface area contributed by atoms with Crippen molar-refractivity contribution in [3.63, 3.8) is 0 Å². The van der Waals surface area contributed by atoms with Crippen LogP contribution in [0.15, 0.2) is 42.5 Å². The third-order valence-corrected chi connectivity index (χ3v) is 3.55. The Kier molecular flexibility index (Phi) is 3.44. The van der Waals surface area contributed by atoms with Crippen molar-refractivity contribution in [3.05, 3.63) is 47.3 Å². The molecule has 1 N–H and O–H groups in total. The van der Waals surface area contributed by atoms with Crippen molar-refractivity contribution in [2.24, 2.45) is 0 Å². The molecule has 3 nitrogen and oxygen atoms in total. The van der Waals surface area contributed by atoms with Gasteiger partial charge in [-0.1, -0.05) is 18.2 Å². The molecule has 0 aliphatic rings. The van der Waals surface area contributed by atoms with E-state index >= 15 is 0 Å². The molecule has 2 aromatic rings. The SMILES string of the molecule is CCN(c1ccccc1)c1ccc(C(=O)O)s1. The maximum Gasteiger partial charge on any atom is 0.345 e. The first kappa shape index (κ1) is 11.7. The summed E-state index contributed by atoms with van der Waals surface area (Å²) in [5.41, 5.74) is 1.08. The highest BCUT2D eigenvalue weighted by molar-refractivity contribution is 7.17. The van der Waals surface area contributed by atoms with Crippen LogP contribution in [0.25, 0.3) is 0 Å². The number of aromatic carboxylic acids is 1. The molecule has 1 aromatic heterocycles. The topological polar surface area (TPSA) is 40.5 Å². The molecular formula is C13H13NO2S. The molecule has 0 aliphatic heterocycles. The fourth-order valence-corrected chi connectivity index (χ4v) is 2.59. The van der Waals surface area contributed by atoms with E-state index in [1.807, 2.05) is 43.3 Å². The maximum absolute atomic E-state index is 10.9. The zero-order chi connectivity index (χ0) is 12.3. The Morgan fingerprint density at radius 3 is 2.47 bits per heavy atom. The van der Waals surface area contributed by atoms with Crippen molar-refractivity contribution < 1.29 is 9.90 Å². The number of thiophene rings is 1. The molecule has 0 saturated heterocycles. The lowest BCUT2D eigenvalue weighted by Crippen LogP contribution is -2.14. The second-order valence-electron chi connectivity index (χ2n) is 3.52. The summed E-state index contributed by atoms with van der Waals surface area (Å²) in [4.78, 5) is 13.3. The van der Waals surface area contributed by atoms with E-state index in [4.69, 9.17) is 5.11 Å². The number of para-hydroxylation sites is 1. The first-order valence-electron chi connectivity index (χ1n) is 5.38. The number of rotatable bonds is 4. The van der Waals surface area contributed by atoms with Crippen molar-refractivity contribution in [2.45, 2.75) is 6.92 Å². The van der Waals surface area contributed by atoms with Gasteiger partial charge in [0.1, 0.15) is 4.88 Å². The van der Waals surface area contributed by atoms with Gasteiger partial charge in [0.25, 0.3) is 0 Å². The minimum atomic E-state index is -0.870. The third kappa shape index (κ3) is 2.47. The summed E-state index contributed by atoms with van der Waals surface area (Å²) in [6.07, 6.45) is 0. The average molecular weight is 247 g/mol. The monoisotopic (exact) mass is 247 g/mol. The molecule has 0 unspecified atom stereocenters. The molecular weight excluding hydrogens is 234 g/mol. The van der Waals surface area contributed by atoms with Crippen molar-refractivity contribution in [1.29, 1.82) is 0 Å². The van der Waals surface area contributed by atoms with Crippen LogP contribution in [0.1, 0.15) is 16.6 Å². The van der Waals surface area contributed by atoms with Crippen LogP contribution in [0, 0.1) is 0 Å². The largest absolute Gasteiger partial charge is 0.477 e. The minimum absolute atomic E-state index is 0.370. The molecule has 0 atom stereocenters. The molecule has 17 heavy (non-hydrogen) atoms. The molecule has 1 heterocycles. The van der Waals surface area contributed by atoms with E-state index in [0.717, 1.165) is 17.2 Å². The summed E-state index contributed by atoms with van der Waals surface area (Å²) in [6, 6.07) is 13.5. The highest BCUT2D eigenvalue weighted by Gasteiger charge is 2.12. The first-order valence-corrected chi connectivity index (χ1v) is 6.19. The van der Waals surface area contributed by atoms with E-state index in [1.165, 1.54) is 11.3 Å². The van der Waals surface area contributed by atoms with Gasteiger partial charge < -0.3 is 10.0 Å². The van der Waals surface area contributed by atoms with Crippen molar-refractivity contribution in [1.82, 2.24) is 0 Å². The van der Waals surface area contributed by atoms with Crippen molar-refractivity contribution >= 4 is 28.0 Å². The van der Waals surface area contributed by atoms with E-state index in [9.17, 15) is 4.79 Å². The Balaban J connectivity index is 2.32. The minimum Gasteiger partial charge on any atom is -0.477 e. The molecule has 88 valence electrons. The van der Waals surface area contributed by atoms with Gasteiger partial charge >= 0.3 is 5.97 Å². The normalized spacial score (nSPS) is 10.2. The van der Waals surface area contributed by atoms with Crippen LogP contribution in [0.4, 0.5) is 10.7 Å². The second-order valence-corrected chi connectivity index (χ2v) is 4.59. The van der Waals surface area contributed by atoms with E-state index in [-0.39, 0.29) is 0 Å². The molecule has 2 rings (SSSR count). The molecule has 0 amide bonds. The van der Waals surface area contributed by atoms with Gasteiger partial charge in [0.15, 0.2) is 0 Å². The molecule has 0 spiro atoms. The third-order valence-electron chi connectivity index (χ3n) is 2.45. The smallest absolute Gasteiger partial charge is 0.345 e. The van der Waals surface area contributed by atoms with Crippen LogP contribution in [-0.4, -0.2) is 17.6 Å². The lowest BCUT2D eigenvalue weighted by molar-refractivity contribution is 0.0702. The fraction of sp³-hybridized carbons (Fsp3) is 0.154. The molecule has 0 bridgehead atoms. The second kappa shape index (κ2) is 5.01. The summed E-state index contributed by atoms with van der Waals surface area (Å²) in [5.74, 6) is -0.870. The van der Waals surface area contributed by atoms with Crippen LogP contribution < -0.4 is 4.90 Å². The standard InChI is InChI=1S/C13H13NO2S/c1-2-14(10-6-4-3-5-7-10)12-9-8-11(17-12)13(15)16/h3-9H,2H2,1H3,(H,15,16). The maximum atomic E-state index is 10.9. The molecule has 0 aliphatic carbocycles. The van der Waals surface area contributed by atoms with Gasteiger partial charge in [-0.15, -0.1) is 11.3 Å². The lowest BCUT2D eigenvalue weighted by atomic mass is 10.3. The number of carbonyl (C=O) groups is 1. The zero-order valence-corrected chi connectivity index (χ0v) is 10.3. The fourth-order valence-electron chi connectivity index (χ4n) is 1.66. The number of carboxylic acid groups (broad SMARTS) is 1. The lowest BCUT2D eigenvalue weighted by Gasteiger charge is -2.20. The van der Waals surface area contributed by atoms with Gasteiger partial charge in [-0.25, -0.2) is 4.79 Å². The Bertz CT molecular complexity index is 507. The predicted octanol–water partition coefficient (Wildman–Crippen LogP) is 3.60. The molecule has 0 radical (unpaired) electrons. The van der Waals surface area contributed by atoms with E-state index in [2.05, 4.69) is 4.90 Å². The number of benzene rings is 1. The van der Waals surface area contributed by atoms with Crippen LogP contribution in [0.5, 0.6) is 0 Å². The quantitative estimate of drug-likeness (QED) is 0.897. The van der Waals surface area contributed by atoms with E-state index in [1.54, 1.807) is 6.07 Å². The Hall–Kier alpha value is -1.81. The van der Waals surface area contributed by atoms with Crippen molar-refractivity contribution in [3.8, 4) is 0 Å². The number of carboxylic acids is 1. The van der Waals surface area contributed by atoms with Crippen molar-refractivity contribution in [2.75, 3.05) is 11.4 Å². The van der Waals surface area contributed by atoms with Crippen LogP contribution in [-0.2, 0) is 0 Å². The first-order chi connectivity index (χ1) is 8.22. The summed E-state index contributed by atoms with van der Waals surface area (Å²) in [6.45, 7) is 2.86. The molecule has 1 aromatic carbocycles. The number of anilines is 2. The summed E-state index contributed by atoms with van der Waals surface area (Å²) < 4.78 is 0. The van der Waals surface area contributed by atoms with Crippen LogP contribution >= 0.6 is 11.3 Å². The molecule has 0 fully saturated rings. The zero-order valence-electron chi connectivity index (χ0n) is 9.46.